The first-order valence-electron chi connectivity index (χ1n) is 10.1. The van der Waals surface area contributed by atoms with Gasteiger partial charge in [0, 0.05) is 18.6 Å². The Kier molecular flexibility index (Phi) is 6.09. The maximum atomic E-state index is 12.8. The van der Waals surface area contributed by atoms with Gasteiger partial charge in [0.1, 0.15) is 5.60 Å². The molecule has 0 spiro atoms. The molecule has 0 bridgehead atoms. The Bertz CT molecular complexity index is 721. The second-order valence-electron chi connectivity index (χ2n) is 8.90. The van der Waals surface area contributed by atoms with Crippen LogP contribution in [0.5, 0.6) is 0 Å². The molecule has 2 aromatic rings. The summed E-state index contributed by atoms with van der Waals surface area (Å²) in [5.41, 5.74) is 1.80. The van der Waals surface area contributed by atoms with E-state index in [2.05, 4.69) is 31.0 Å². The minimum absolute atomic E-state index is 0.148. The molecule has 0 radical (unpaired) electrons. The number of benzene rings is 2. The van der Waals surface area contributed by atoms with Crippen molar-refractivity contribution >= 4 is 6.09 Å². The zero-order valence-corrected chi connectivity index (χ0v) is 17.4. The summed E-state index contributed by atoms with van der Waals surface area (Å²) in [5, 5.41) is 3.09. The predicted octanol–water partition coefficient (Wildman–Crippen LogP) is 5.16. The van der Waals surface area contributed by atoms with Crippen molar-refractivity contribution in [3.63, 3.8) is 0 Å². The highest BCUT2D eigenvalue weighted by Gasteiger charge is 2.37. The smallest absolute Gasteiger partial charge is 0.408 e. The number of carbonyl (C=O) groups is 1. The molecule has 4 heteroatoms. The summed E-state index contributed by atoms with van der Waals surface area (Å²) in [4.78, 5) is 15.3. The molecule has 4 nitrogen and oxygen atoms in total. The lowest BCUT2D eigenvalue weighted by atomic mass is 9.90. The molecule has 1 saturated heterocycles. The van der Waals surface area contributed by atoms with Gasteiger partial charge in [-0.25, -0.2) is 4.79 Å². The quantitative estimate of drug-likeness (QED) is 0.797. The van der Waals surface area contributed by atoms with E-state index in [0.717, 1.165) is 37.1 Å². The molecule has 0 saturated carbocycles. The van der Waals surface area contributed by atoms with Crippen molar-refractivity contribution < 1.29 is 9.53 Å². The van der Waals surface area contributed by atoms with Crippen LogP contribution in [-0.2, 0) is 4.74 Å². The third kappa shape index (κ3) is 5.14. The van der Waals surface area contributed by atoms with E-state index in [-0.39, 0.29) is 17.7 Å². The van der Waals surface area contributed by atoms with Gasteiger partial charge in [-0.2, -0.15) is 0 Å². The van der Waals surface area contributed by atoms with Crippen LogP contribution in [0.3, 0.4) is 0 Å². The number of hydrogen-bond acceptors (Lipinski definition) is 3. The van der Waals surface area contributed by atoms with Crippen LogP contribution in [0.25, 0.3) is 0 Å². The van der Waals surface area contributed by atoms with Crippen molar-refractivity contribution in [2.45, 2.75) is 57.7 Å². The lowest BCUT2D eigenvalue weighted by Gasteiger charge is -2.44. The number of piperidine rings is 1. The summed E-state index contributed by atoms with van der Waals surface area (Å²) < 4.78 is 5.94. The highest BCUT2D eigenvalue weighted by molar-refractivity contribution is 5.69. The molecular weight excluding hydrogens is 348 g/mol. The maximum absolute atomic E-state index is 12.8. The fraction of sp³-hybridized carbons (Fsp3) is 0.458. The monoisotopic (exact) mass is 380 g/mol. The molecule has 1 fully saturated rings. The third-order valence-electron chi connectivity index (χ3n) is 5.64. The van der Waals surface area contributed by atoms with Crippen molar-refractivity contribution in [3.05, 3.63) is 71.8 Å². The normalized spacial score (nSPS) is 17.3. The lowest BCUT2D eigenvalue weighted by molar-refractivity contribution is -0.0404. The van der Waals surface area contributed by atoms with Crippen LogP contribution in [0.15, 0.2) is 60.7 Å². The van der Waals surface area contributed by atoms with E-state index in [1.165, 1.54) is 0 Å². The average Bonchev–Trinajstić information content (AvgIpc) is 2.67. The summed E-state index contributed by atoms with van der Waals surface area (Å²) in [7, 11) is 0. The standard InChI is InChI=1S/C24H32N2O2/c1-23(2,3)26-17-15-24(4,16-18-26)28-22(27)25-21(19-11-7-5-8-12-19)20-13-9-6-10-14-20/h5-14,21H,15-18H2,1-4H3,(H,25,27). The van der Waals surface area contributed by atoms with Gasteiger partial charge in [0.05, 0.1) is 6.04 Å². The molecule has 2 aromatic carbocycles. The molecule has 150 valence electrons. The van der Waals surface area contributed by atoms with Gasteiger partial charge in [-0.1, -0.05) is 60.7 Å². The van der Waals surface area contributed by atoms with Crippen molar-refractivity contribution in [1.29, 1.82) is 0 Å². The van der Waals surface area contributed by atoms with E-state index in [9.17, 15) is 4.79 Å². The summed E-state index contributed by atoms with van der Waals surface area (Å²) >= 11 is 0. The molecule has 0 aliphatic carbocycles. The van der Waals surface area contributed by atoms with Crippen molar-refractivity contribution in [2.24, 2.45) is 0 Å². The number of rotatable bonds is 4. The first kappa shape index (κ1) is 20.4. The molecule has 3 rings (SSSR count). The molecule has 1 N–H and O–H groups in total. The van der Waals surface area contributed by atoms with E-state index in [1.807, 2.05) is 67.6 Å². The van der Waals surface area contributed by atoms with Crippen molar-refractivity contribution in [1.82, 2.24) is 10.2 Å². The van der Waals surface area contributed by atoms with Crippen molar-refractivity contribution in [3.8, 4) is 0 Å². The number of likely N-dealkylation sites (tertiary alicyclic amines) is 1. The Balaban J connectivity index is 1.68. The molecule has 0 atom stereocenters. The molecule has 0 aromatic heterocycles. The van der Waals surface area contributed by atoms with Crippen LogP contribution in [0.2, 0.25) is 0 Å². The Morgan fingerprint density at radius 2 is 1.43 bits per heavy atom. The first-order chi connectivity index (χ1) is 13.3. The minimum Gasteiger partial charge on any atom is -0.443 e. The van der Waals surface area contributed by atoms with E-state index in [1.54, 1.807) is 0 Å². The highest BCUT2D eigenvalue weighted by Crippen LogP contribution is 2.30. The average molecular weight is 381 g/mol. The van der Waals surface area contributed by atoms with Gasteiger partial charge < -0.3 is 10.1 Å². The molecule has 1 heterocycles. The van der Waals surface area contributed by atoms with Gasteiger partial charge in [-0.05, 0) is 51.7 Å². The topological polar surface area (TPSA) is 41.6 Å². The van der Waals surface area contributed by atoms with Crippen LogP contribution >= 0.6 is 0 Å². The number of alkyl carbamates (subject to hydrolysis) is 1. The van der Waals surface area contributed by atoms with Gasteiger partial charge in [-0.3, -0.25) is 4.90 Å². The summed E-state index contributed by atoms with van der Waals surface area (Å²) in [5.74, 6) is 0. The lowest BCUT2D eigenvalue weighted by Crippen LogP contribution is -2.52. The summed E-state index contributed by atoms with van der Waals surface area (Å²) in [6.45, 7) is 10.6. The second-order valence-corrected chi connectivity index (χ2v) is 8.90. The second kappa shape index (κ2) is 8.36. The van der Waals surface area contributed by atoms with Crippen molar-refractivity contribution in [2.75, 3.05) is 13.1 Å². The Hall–Kier alpha value is -2.33. The molecule has 1 aliphatic heterocycles. The molecule has 28 heavy (non-hydrogen) atoms. The number of ether oxygens (including phenoxy) is 1. The Labute approximate surface area is 168 Å². The number of carbonyl (C=O) groups excluding carboxylic acids is 1. The van der Waals surface area contributed by atoms with E-state index < -0.39 is 5.60 Å². The van der Waals surface area contributed by atoms with E-state index in [4.69, 9.17) is 4.74 Å². The molecule has 0 unspecified atom stereocenters. The number of nitrogens with zero attached hydrogens (tertiary/aromatic N) is 1. The van der Waals surface area contributed by atoms with E-state index >= 15 is 0 Å². The molecule has 1 amide bonds. The Morgan fingerprint density at radius 1 is 0.964 bits per heavy atom. The fourth-order valence-electron chi connectivity index (χ4n) is 3.77. The minimum atomic E-state index is -0.427. The van der Waals surface area contributed by atoms with Gasteiger partial charge >= 0.3 is 6.09 Å². The number of hydrogen-bond donors (Lipinski definition) is 1. The van der Waals surface area contributed by atoms with E-state index in [0.29, 0.717) is 0 Å². The summed E-state index contributed by atoms with van der Waals surface area (Å²) in [6.07, 6.45) is 1.34. The van der Waals surface area contributed by atoms with Gasteiger partial charge in [0.25, 0.3) is 0 Å². The molecule has 1 aliphatic rings. The van der Waals surface area contributed by atoms with Crippen LogP contribution in [0.4, 0.5) is 4.79 Å². The zero-order chi connectivity index (χ0) is 20.2. The van der Waals surface area contributed by atoms with Crippen LogP contribution in [0.1, 0.15) is 57.7 Å². The number of nitrogens with one attached hydrogen (secondary N) is 1. The highest BCUT2D eigenvalue weighted by atomic mass is 16.6. The SMILES string of the molecule is CC1(OC(=O)NC(c2ccccc2)c2ccccc2)CCN(C(C)(C)C)CC1. The Morgan fingerprint density at radius 3 is 1.86 bits per heavy atom. The fourth-order valence-corrected chi connectivity index (χ4v) is 3.77. The maximum Gasteiger partial charge on any atom is 0.408 e. The predicted molar refractivity (Wildman–Crippen MR) is 113 cm³/mol. The van der Waals surface area contributed by atoms with Crippen LogP contribution in [0, 0.1) is 0 Å². The van der Waals surface area contributed by atoms with Crippen LogP contribution in [-0.4, -0.2) is 35.2 Å². The zero-order valence-electron chi connectivity index (χ0n) is 17.4. The van der Waals surface area contributed by atoms with Gasteiger partial charge in [0.2, 0.25) is 0 Å². The molecular formula is C24H32N2O2. The largest absolute Gasteiger partial charge is 0.443 e. The third-order valence-corrected chi connectivity index (χ3v) is 5.64. The first-order valence-corrected chi connectivity index (χ1v) is 10.1. The number of amides is 1. The van der Waals surface area contributed by atoms with Gasteiger partial charge in [0.15, 0.2) is 0 Å². The van der Waals surface area contributed by atoms with Gasteiger partial charge in [-0.15, -0.1) is 0 Å². The van der Waals surface area contributed by atoms with Crippen LogP contribution < -0.4 is 5.32 Å². The summed E-state index contributed by atoms with van der Waals surface area (Å²) in [6, 6.07) is 19.8.